The molecule has 0 aliphatic rings. The number of pyridine rings is 1. The second kappa shape index (κ2) is 4.74. The van der Waals surface area contributed by atoms with Crippen LogP contribution in [0.2, 0.25) is 0 Å². The van der Waals surface area contributed by atoms with Gasteiger partial charge in [0.1, 0.15) is 11.4 Å². The molecule has 0 aliphatic carbocycles. The van der Waals surface area contributed by atoms with Crippen LogP contribution in [0, 0.1) is 5.82 Å². The largest absolute Gasteiger partial charge is 0.464 e. The van der Waals surface area contributed by atoms with E-state index in [9.17, 15) is 9.18 Å². The number of hydrogen-bond acceptors (Lipinski definition) is 6. The number of methoxy groups -OCH3 is 1. The number of esters is 1. The predicted molar refractivity (Wildman–Crippen MR) is 61.0 cm³/mol. The number of carbonyl (C=O) groups excluding carboxylic acids is 1. The van der Waals surface area contributed by atoms with E-state index in [-0.39, 0.29) is 22.9 Å². The first-order chi connectivity index (χ1) is 8.63. The van der Waals surface area contributed by atoms with Gasteiger partial charge in [0, 0.05) is 6.20 Å². The lowest BCUT2D eigenvalue weighted by Crippen LogP contribution is -2.11. The summed E-state index contributed by atoms with van der Waals surface area (Å²) in [6.07, 6.45) is 2.65. The summed E-state index contributed by atoms with van der Waals surface area (Å²) >= 11 is 0. The molecule has 2 N–H and O–H groups in total. The van der Waals surface area contributed by atoms with Gasteiger partial charge in [-0.2, -0.15) is 0 Å². The van der Waals surface area contributed by atoms with E-state index in [2.05, 4.69) is 19.7 Å². The molecule has 6 nitrogen and oxygen atoms in total. The van der Waals surface area contributed by atoms with E-state index in [0.29, 0.717) is 0 Å². The lowest BCUT2D eigenvalue weighted by molar-refractivity contribution is 0.0595. The first-order valence-electron chi connectivity index (χ1n) is 4.95. The van der Waals surface area contributed by atoms with Crippen LogP contribution in [-0.4, -0.2) is 28.0 Å². The van der Waals surface area contributed by atoms with Gasteiger partial charge in [0.2, 0.25) is 0 Å². The summed E-state index contributed by atoms with van der Waals surface area (Å²) in [4.78, 5) is 22.9. The van der Waals surface area contributed by atoms with Gasteiger partial charge in [0.15, 0.2) is 17.3 Å². The van der Waals surface area contributed by atoms with Gasteiger partial charge >= 0.3 is 5.97 Å². The van der Waals surface area contributed by atoms with Crippen molar-refractivity contribution in [2.45, 2.75) is 0 Å². The molecule has 7 heteroatoms. The Kier molecular flexibility index (Phi) is 3.13. The summed E-state index contributed by atoms with van der Waals surface area (Å²) in [6.45, 7) is 0. The van der Waals surface area contributed by atoms with Crippen LogP contribution in [-0.2, 0) is 4.74 Å². The van der Waals surface area contributed by atoms with E-state index in [1.54, 1.807) is 0 Å². The molecule has 0 fully saturated rings. The Bertz CT molecular complexity index is 603. The summed E-state index contributed by atoms with van der Waals surface area (Å²) < 4.78 is 18.0. The maximum absolute atomic E-state index is 13.5. The number of halogens is 1. The summed E-state index contributed by atoms with van der Waals surface area (Å²) in [7, 11) is 1.19. The second-order valence-electron chi connectivity index (χ2n) is 3.31. The lowest BCUT2D eigenvalue weighted by Gasteiger charge is -2.05. The van der Waals surface area contributed by atoms with Gasteiger partial charge in [-0.15, -0.1) is 0 Å². The Morgan fingerprint density at radius 2 is 2.22 bits per heavy atom. The first-order valence-corrected chi connectivity index (χ1v) is 4.95. The lowest BCUT2D eigenvalue weighted by atomic mass is 10.2. The number of rotatable bonds is 2. The predicted octanol–water partition coefficient (Wildman–Crippen LogP) is 1.05. The van der Waals surface area contributed by atoms with Gasteiger partial charge < -0.3 is 10.5 Å². The SMILES string of the molecule is COC(=O)c1nc(-c2ncccc2F)cnc1N. The number of carbonyl (C=O) groups is 1. The Labute approximate surface area is 102 Å². The number of nitrogens with two attached hydrogens (primary N) is 1. The molecule has 2 heterocycles. The van der Waals surface area contributed by atoms with Crippen molar-refractivity contribution in [1.29, 1.82) is 0 Å². The maximum Gasteiger partial charge on any atom is 0.360 e. The molecule has 0 saturated carbocycles. The highest BCUT2D eigenvalue weighted by molar-refractivity contribution is 5.92. The fraction of sp³-hybridized carbons (Fsp3) is 0.0909. The van der Waals surface area contributed by atoms with Crippen molar-refractivity contribution in [3.05, 3.63) is 36.0 Å². The van der Waals surface area contributed by atoms with Crippen molar-refractivity contribution in [2.24, 2.45) is 0 Å². The molecular formula is C11H9FN4O2. The molecule has 2 aromatic rings. The summed E-state index contributed by atoms with van der Waals surface area (Å²) in [5.41, 5.74) is 5.44. The van der Waals surface area contributed by atoms with Crippen LogP contribution in [0.15, 0.2) is 24.5 Å². The zero-order chi connectivity index (χ0) is 13.1. The quantitative estimate of drug-likeness (QED) is 0.798. The number of aromatic nitrogens is 3. The van der Waals surface area contributed by atoms with Crippen LogP contribution in [0.25, 0.3) is 11.4 Å². The van der Waals surface area contributed by atoms with Crippen LogP contribution in [0.3, 0.4) is 0 Å². The van der Waals surface area contributed by atoms with Gasteiger partial charge in [-0.25, -0.2) is 19.2 Å². The van der Waals surface area contributed by atoms with E-state index in [1.807, 2.05) is 0 Å². The van der Waals surface area contributed by atoms with Crippen molar-refractivity contribution < 1.29 is 13.9 Å². The van der Waals surface area contributed by atoms with Crippen molar-refractivity contribution in [1.82, 2.24) is 15.0 Å². The van der Waals surface area contributed by atoms with Crippen molar-refractivity contribution in [3.8, 4) is 11.4 Å². The molecule has 0 aliphatic heterocycles. The molecule has 0 atom stereocenters. The smallest absolute Gasteiger partial charge is 0.360 e. The Balaban J connectivity index is 2.54. The minimum absolute atomic E-state index is 0.00449. The van der Waals surface area contributed by atoms with Gasteiger partial charge in [-0.1, -0.05) is 0 Å². The molecular weight excluding hydrogens is 239 g/mol. The van der Waals surface area contributed by atoms with E-state index in [0.717, 1.165) is 0 Å². The Hall–Kier alpha value is -2.57. The van der Waals surface area contributed by atoms with E-state index < -0.39 is 11.8 Å². The monoisotopic (exact) mass is 248 g/mol. The third-order valence-corrected chi connectivity index (χ3v) is 2.18. The number of anilines is 1. The molecule has 0 aromatic carbocycles. The highest BCUT2D eigenvalue weighted by atomic mass is 19.1. The van der Waals surface area contributed by atoms with E-state index in [1.165, 1.54) is 31.6 Å². The molecule has 2 rings (SSSR count). The minimum atomic E-state index is -0.738. The normalized spacial score (nSPS) is 10.1. The highest BCUT2D eigenvalue weighted by Gasteiger charge is 2.16. The van der Waals surface area contributed by atoms with Gasteiger partial charge in [-0.05, 0) is 12.1 Å². The molecule has 18 heavy (non-hydrogen) atoms. The molecule has 0 radical (unpaired) electrons. The van der Waals surface area contributed by atoms with Crippen LogP contribution < -0.4 is 5.73 Å². The maximum atomic E-state index is 13.5. The molecule has 2 aromatic heterocycles. The van der Waals surface area contributed by atoms with Gasteiger partial charge in [0.25, 0.3) is 0 Å². The fourth-order valence-electron chi connectivity index (χ4n) is 1.33. The summed E-state index contributed by atoms with van der Waals surface area (Å²) in [6, 6.07) is 2.68. The van der Waals surface area contributed by atoms with Crippen LogP contribution in [0.4, 0.5) is 10.2 Å². The molecule has 0 bridgehead atoms. The number of ether oxygens (including phenoxy) is 1. The third-order valence-electron chi connectivity index (χ3n) is 2.18. The van der Waals surface area contributed by atoms with Gasteiger partial charge in [0.05, 0.1) is 13.3 Å². The second-order valence-corrected chi connectivity index (χ2v) is 3.31. The molecule has 0 spiro atoms. The Morgan fingerprint density at radius 3 is 2.89 bits per heavy atom. The van der Waals surface area contributed by atoms with Crippen molar-refractivity contribution in [2.75, 3.05) is 12.8 Å². The van der Waals surface area contributed by atoms with Crippen LogP contribution in [0.5, 0.6) is 0 Å². The first kappa shape index (κ1) is 11.9. The molecule has 92 valence electrons. The summed E-state index contributed by atoms with van der Waals surface area (Å²) in [5.74, 6) is -1.38. The van der Waals surface area contributed by atoms with E-state index >= 15 is 0 Å². The van der Waals surface area contributed by atoms with Crippen molar-refractivity contribution in [3.63, 3.8) is 0 Å². The zero-order valence-electron chi connectivity index (χ0n) is 9.42. The topological polar surface area (TPSA) is 91.0 Å². The average molecular weight is 248 g/mol. The van der Waals surface area contributed by atoms with Gasteiger partial charge in [-0.3, -0.25) is 4.98 Å². The molecule has 0 saturated heterocycles. The minimum Gasteiger partial charge on any atom is -0.464 e. The summed E-state index contributed by atoms with van der Waals surface area (Å²) in [5, 5.41) is 0. The highest BCUT2D eigenvalue weighted by Crippen LogP contribution is 2.19. The molecule has 0 unspecified atom stereocenters. The van der Waals surface area contributed by atoms with E-state index in [4.69, 9.17) is 5.73 Å². The standard InChI is InChI=1S/C11H9FN4O2/c1-18-11(17)9-10(13)15-5-7(16-9)8-6(12)3-2-4-14-8/h2-5H,1H3,(H2,13,15). The zero-order valence-corrected chi connectivity index (χ0v) is 9.42. The van der Waals surface area contributed by atoms with Crippen molar-refractivity contribution >= 4 is 11.8 Å². The van der Waals surface area contributed by atoms with Crippen LogP contribution >= 0.6 is 0 Å². The fourth-order valence-corrected chi connectivity index (χ4v) is 1.33. The Morgan fingerprint density at radius 1 is 1.44 bits per heavy atom. The number of nitrogen functional groups attached to an aromatic ring is 1. The average Bonchev–Trinajstić information content (AvgIpc) is 2.39. The number of hydrogen-bond donors (Lipinski definition) is 1. The van der Waals surface area contributed by atoms with Crippen LogP contribution in [0.1, 0.15) is 10.5 Å². The number of nitrogens with zero attached hydrogens (tertiary/aromatic N) is 3. The third kappa shape index (κ3) is 2.10. The molecule has 0 amide bonds.